The maximum absolute atomic E-state index is 10.8. The standard InChI is InChI=1S/C6H7NO2/c8-5-1-6(9)7-2-4(5)3-7/h4H,1-3H2. The van der Waals surface area contributed by atoms with Gasteiger partial charge in [-0.3, -0.25) is 9.59 Å². The van der Waals surface area contributed by atoms with Gasteiger partial charge in [0.1, 0.15) is 5.78 Å². The lowest BCUT2D eigenvalue weighted by Crippen LogP contribution is -2.58. The number of carbonyl (C=O) groups excluding carboxylic acids is 2. The minimum Gasteiger partial charge on any atom is -0.341 e. The largest absolute Gasteiger partial charge is 0.341 e. The fourth-order valence-corrected chi connectivity index (χ4v) is 1.29. The van der Waals surface area contributed by atoms with Gasteiger partial charge in [-0.2, -0.15) is 0 Å². The molecule has 0 radical (unpaired) electrons. The molecular weight excluding hydrogens is 118 g/mol. The van der Waals surface area contributed by atoms with Crippen molar-refractivity contribution in [2.24, 2.45) is 5.92 Å². The monoisotopic (exact) mass is 125 g/mol. The predicted octanol–water partition coefficient (Wildman–Crippen LogP) is -0.582. The summed E-state index contributed by atoms with van der Waals surface area (Å²) >= 11 is 0. The molecule has 0 atom stereocenters. The summed E-state index contributed by atoms with van der Waals surface area (Å²) in [5, 5.41) is 0. The highest BCUT2D eigenvalue weighted by atomic mass is 16.2. The Hall–Kier alpha value is -0.860. The molecule has 48 valence electrons. The predicted molar refractivity (Wildman–Crippen MR) is 29.7 cm³/mol. The van der Waals surface area contributed by atoms with Gasteiger partial charge in [0, 0.05) is 13.1 Å². The van der Waals surface area contributed by atoms with Crippen LogP contribution in [0.2, 0.25) is 0 Å². The molecule has 0 saturated carbocycles. The summed E-state index contributed by atoms with van der Waals surface area (Å²) in [5.74, 6) is 0.354. The van der Waals surface area contributed by atoms with E-state index in [1.165, 1.54) is 0 Å². The fraction of sp³-hybridized carbons (Fsp3) is 0.667. The van der Waals surface area contributed by atoms with Crippen LogP contribution in [0.1, 0.15) is 6.42 Å². The summed E-state index contributed by atoms with van der Waals surface area (Å²) in [7, 11) is 0. The maximum atomic E-state index is 10.8. The molecule has 9 heavy (non-hydrogen) atoms. The molecule has 3 fully saturated rings. The Bertz CT molecular complexity index is 163. The normalized spacial score (nSPS) is 26.4. The van der Waals surface area contributed by atoms with Crippen molar-refractivity contribution in [1.82, 2.24) is 4.90 Å². The van der Waals surface area contributed by atoms with Gasteiger partial charge in [-0.25, -0.2) is 0 Å². The van der Waals surface area contributed by atoms with Gasteiger partial charge in [0.2, 0.25) is 5.91 Å². The summed E-state index contributed by atoms with van der Waals surface area (Å²) in [4.78, 5) is 23.3. The minimum atomic E-state index is 0.0162. The summed E-state index contributed by atoms with van der Waals surface area (Å²) in [5.41, 5.74) is 0. The Morgan fingerprint density at radius 1 is 1.33 bits per heavy atom. The molecule has 3 nitrogen and oxygen atoms in total. The number of hydrogen-bond acceptors (Lipinski definition) is 2. The lowest BCUT2D eigenvalue weighted by molar-refractivity contribution is -0.153. The van der Waals surface area contributed by atoms with Gasteiger partial charge in [0.05, 0.1) is 12.3 Å². The molecule has 3 heteroatoms. The first-order chi connectivity index (χ1) is 4.27. The van der Waals surface area contributed by atoms with Gasteiger partial charge in [0.15, 0.2) is 0 Å². The van der Waals surface area contributed by atoms with Gasteiger partial charge >= 0.3 is 0 Å². The molecule has 0 aromatic heterocycles. The van der Waals surface area contributed by atoms with Crippen LogP contribution in [0.25, 0.3) is 0 Å². The second kappa shape index (κ2) is 1.35. The van der Waals surface area contributed by atoms with Crippen LogP contribution in [0.4, 0.5) is 0 Å². The highest BCUT2D eigenvalue weighted by Crippen LogP contribution is 2.24. The third-order valence-corrected chi connectivity index (χ3v) is 2.02. The number of rotatable bonds is 0. The second-order valence-electron chi connectivity index (χ2n) is 2.64. The summed E-state index contributed by atoms with van der Waals surface area (Å²) < 4.78 is 0. The molecule has 2 bridgehead atoms. The van der Waals surface area contributed by atoms with Gasteiger partial charge in [-0.1, -0.05) is 0 Å². The van der Waals surface area contributed by atoms with Gasteiger partial charge in [0.25, 0.3) is 0 Å². The molecule has 0 aromatic rings. The number of carbonyl (C=O) groups is 2. The molecule has 3 aliphatic heterocycles. The Labute approximate surface area is 52.6 Å². The molecule has 0 unspecified atom stereocenters. The molecule has 3 rings (SSSR count). The van der Waals surface area contributed by atoms with Crippen LogP contribution < -0.4 is 0 Å². The van der Waals surface area contributed by atoms with E-state index in [2.05, 4.69) is 0 Å². The highest BCUT2D eigenvalue weighted by Gasteiger charge is 2.41. The smallest absolute Gasteiger partial charge is 0.230 e. The zero-order chi connectivity index (χ0) is 6.43. The second-order valence-corrected chi connectivity index (χ2v) is 2.64. The average Bonchev–Trinajstić information content (AvgIpc) is 1.57. The molecule has 0 aliphatic carbocycles. The average molecular weight is 125 g/mol. The number of nitrogens with zero attached hydrogens (tertiary/aromatic N) is 1. The lowest BCUT2D eigenvalue weighted by Gasteiger charge is -2.42. The molecule has 3 heterocycles. The minimum absolute atomic E-state index is 0.0162. The third kappa shape index (κ3) is 0.515. The molecular formula is C6H7NO2. The number of ketones is 1. The van der Waals surface area contributed by atoms with Gasteiger partial charge in [-0.15, -0.1) is 0 Å². The number of piperidine rings is 2. The molecule has 0 aromatic carbocycles. The van der Waals surface area contributed by atoms with Crippen molar-refractivity contribution >= 4 is 11.7 Å². The first-order valence-electron chi connectivity index (χ1n) is 3.08. The van der Waals surface area contributed by atoms with Crippen molar-refractivity contribution in [1.29, 1.82) is 0 Å². The first kappa shape index (κ1) is 4.97. The zero-order valence-electron chi connectivity index (χ0n) is 4.96. The summed E-state index contributed by atoms with van der Waals surface area (Å²) in [6, 6.07) is 0. The lowest BCUT2D eigenvalue weighted by atomic mass is 9.87. The van der Waals surface area contributed by atoms with Crippen LogP contribution in [-0.2, 0) is 9.59 Å². The molecule has 1 amide bonds. The van der Waals surface area contributed by atoms with E-state index >= 15 is 0 Å². The van der Waals surface area contributed by atoms with Crippen LogP contribution in [-0.4, -0.2) is 29.7 Å². The summed E-state index contributed by atoms with van der Waals surface area (Å²) in [6.07, 6.45) is 0.157. The van der Waals surface area contributed by atoms with E-state index in [1.807, 2.05) is 0 Å². The van der Waals surface area contributed by atoms with Crippen molar-refractivity contribution in [3.05, 3.63) is 0 Å². The van der Waals surface area contributed by atoms with Crippen molar-refractivity contribution in [3.8, 4) is 0 Å². The van der Waals surface area contributed by atoms with Crippen LogP contribution in [0, 0.1) is 5.92 Å². The molecule has 3 aliphatic rings. The van der Waals surface area contributed by atoms with E-state index in [4.69, 9.17) is 0 Å². The third-order valence-electron chi connectivity index (χ3n) is 2.02. The molecule has 0 spiro atoms. The fourth-order valence-electron chi connectivity index (χ4n) is 1.29. The van der Waals surface area contributed by atoms with Crippen molar-refractivity contribution in [2.75, 3.05) is 13.1 Å². The maximum Gasteiger partial charge on any atom is 0.230 e. The Morgan fingerprint density at radius 3 is 2.33 bits per heavy atom. The van der Waals surface area contributed by atoms with Crippen LogP contribution in [0.3, 0.4) is 0 Å². The van der Waals surface area contributed by atoms with Gasteiger partial charge in [-0.05, 0) is 0 Å². The van der Waals surface area contributed by atoms with Gasteiger partial charge < -0.3 is 4.90 Å². The van der Waals surface area contributed by atoms with Crippen molar-refractivity contribution in [3.63, 3.8) is 0 Å². The zero-order valence-corrected chi connectivity index (χ0v) is 4.96. The molecule has 0 N–H and O–H groups in total. The van der Waals surface area contributed by atoms with Crippen LogP contribution in [0.5, 0.6) is 0 Å². The van der Waals surface area contributed by atoms with Crippen molar-refractivity contribution < 1.29 is 9.59 Å². The van der Waals surface area contributed by atoms with E-state index in [0.717, 1.165) is 0 Å². The van der Waals surface area contributed by atoms with E-state index in [-0.39, 0.29) is 24.0 Å². The Kier molecular flexibility index (Phi) is 0.743. The van der Waals surface area contributed by atoms with E-state index in [9.17, 15) is 9.59 Å². The van der Waals surface area contributed by atoms with Crippen molar-refractivity contribution in [2.45, 2.75) is 6.42 Å². The SMILES string of the molecule is O=C1CC(=O)N2CC1C2. The Balaban J connectivity index is 2.21. The van der Waals surface area contributed by atoms with E-state index in [1.54, 1.807) is 4.90 Å². The van der Waals surface area contributed by atoms with Crippen LogP contribution in [0.15, 0.2) is 0 Å². The number of hydrogen-bond donors (Lipinski definition) is 0. The highest BCUT2D eigenvalue weighted by molar-refractivity contribution is 6.04. The van der Waals surface area contributed by atoms with E-state index < -0.39 is 0 Å². The number of fused-ring (bicyclic) bond motifs is 2. The first-order valence-corrected chi connectivity index (χ1v) is 3.08. The van der Waals surface area contributed by atoms with E-state index in [0.29, 0.717) is 13.1 Å². The quantitative estimate of drug-likeness (QED) is 0.406. The van der Waals surface area contributed by atoms with Crippen LogP contribution >= 0.6 is 0 Å². The molecule has 3 saturated heterocycles. The Morgan fingerprint density at radius 2 is 2.00 bits per heavy atom. The number of Topliss-reactive ketones (excluding diaryl/α,β-unsaturated/α-hetero) is 1. The summed E-state index contributed by atoms with van der Waals surface area (Å²) in [6.45, 7) is 1.38. The number of amides is 1. The topological polar surface area (TPSA) is 37.4 Å².